The molecular weight excluding hydrogens is 496 g/mol. The molecule has 4 nitrogen and oxygen atoms in total. The third-order valence-corrected chi connectivity index (χ3v) is 8.04. The maximum atomic E-state index is 13.7. The first-order valence-electron chi connectivity index (χ1n) is 12.2. The van der Waals surface area contributed by atoms with Crippen LogP contribution in [-0.4, -0.2) is 53.4 Å². The summed E-state index contributed by atoms with van der Waals surface area (Å²) < 4.78 is 13.7. The van der Waals surface area contributed by atoms with Crippen molar-refractivity contribution in [3.8, 4) is 0 Å². The molecule has 1 aromatic heterocycles. The highest BCUT2D eigenvalue weighted by atomic mass is 35.5. The smallest absolute Gasteiger partial charge is 0.254 e. The van der Waals surface area contributed by atoms with Gasteiger partial charge in [0.05, 0.1) is 0 Å². The number of benzene rings is 2. The average Bonchev–Trinajstić information content (AvgIpc) is 3.25. The van der Waals surface area contributed by atoms with Crippen LogP contribution in [0.4, 0.5) is 4.39 Å². The Bertz CT molecular complexity index is 1240. The molecule has 1 atom stereocenters. The van der Waals surface area contributed by atoms with Crippen LogP contribution in [0.2, 0.25) is 10.2 Å². The summed E-state index contributed by atoms with van der Waals surface area (Å²) in [4.78, 5) is 21.8. The van der Waals surface area contributed by atoms with Gasteiger partial charge in [0.15, 0.2) is 0 Å². The Morgan fingerprint density at radius 3 is 2.47 bits per heavy atom. The van der Waals surface area contributed by atoms with Crippen molar-refractivity contribution in [3.05, 3.63) is 106 Å². The van der Waals surface area contributed by atoms with Gasteiger partial charge in [0.25, 0.3) is 5.91 Å². The zero-order chi connectivity index (χ0) is 25.1. The fourth-order valence-electron chi connectivity index (χ4n) is 5.59. The molecule has 186 valence electrons. The number of piperidine rings is 1. The molecular formula is C29H28Cl2FN3O. The van der Waals surface area contributed by atoms with Gasteiger partial charge in [-0.3, -0.25) is 9.69 Å². The second-order valence-corrected chi connectivity index (χ2v) is 10.6. The molecule has 1 amide bonds. The van der Waals surface area contributed by atoms with Crippen LogP contribution in [0.1, 0.15) is 40.2 Å². The van der Waals surface area contributed by atoms with Crippen molar-refractivity contribution in [2.75, 3.05) is 32.7 Å². The topological polar surface area (TPSA) is 36.4 Å². The van der Waals surface area contributed by atoms with Crippen molar-refractivity contribution in [1.82, 2.24) is 14.8 Å². The van der Waals surface area contributed by atoms with E-state index < -0.39 is 0 Å². The Kier molecular flexibility index (Phi) is 7.42. The lowest BCUT2D eigenvalue weighted by Crippen LogP contribution is -2.44. The predicted octanol–water partition coefficient (Wildman–Crippen LogP) is 6.56. The van der Waals surface area contributed by atoms with Gasteiger partial charge in [-0.1, -0.05) is 59.6 Å². The number of likely N-dealkylation sites (tertiary alicyclic amines) is 2. The maximum absolute atomic E-state index is 13.7. The molecule has 3 heterocycles. The van der Waals surface area contributed by atoms with E-state index in [0.717, 1.165) is 48.6 Å². The SMILES string of the molecule is O=C(c1ccnc(Cl)c1)N1CC(c2ccc(F)cc2)C2(CCN(CC=Cc3ccc(Cl)cc3)CC2)C1. The van der Waals surface area contributed by atoms with Gasteiger partial charge >= 0.3 is 0 Å². The summed E-state index contributed by atoms with van der Waals surface area (Å²) >= 11 is 12.0. The van der Waals surface area contributed by atoms with E-state index in [0.29, 0.717) is 23.8 Å². The van der Waals surface area contributed by atoms with Gasteiger partial charge in [0.2, 0.25) is 0 Å². The van der Waals surface area contributed by atoms with Crippen LogP contribution in [0.5, 0.6) is 0 Å². The molecule has 5 rings (SSSR count). The van der Waals surface area contributed by atoms with Gasteiger partial charge in [-0.05, 0) is 78.9 Å². The van der Waals surface area contributed by atoms with Crippen LogP contribution in [0, 0.1) is 11.2 Å². The summed E-state index contributed by atoms with van der Waals surface area (Å²) in [5.41, 5.74) is 2.73. The zero-order valence-corrected chi connectivity index (χ0v) is 21.4. The Balaban J connectivity index is 1.30. The third-order valence-electron chi connectivity index (χ3n) is 7.58. The minimum absolute atomic E-state index is 0.0309. The van der Waals surface area contributed by atoms with E-state index in [1.807, 2.05) is 41.3 Å². The van der Waals surface area contributed by atoms with Crippen molar-refractivity contribution in [3.63, 3.8) is 0 Å². The normalized spacial score (nSPS) is 19.9. The maximum Gasteiger partial charge on any atom is 0.254 e. The summed E-state index contributed by atoms with van der Waals surface area (Å²) in [7, 11) is 0. The highest BCUT2D eigenvalue weighted by Gasteiger charge is 2.49. The molecule has 2 fully saturated rings. The minimum Gasteiger partial charge on any atom is -0.337 e. The molecule has 0 aliphatic carbocycles. The van der Waals surface area contributed by atoms with E-state index in [1.54, 1.807) is 18.3 Å². The second-order valence-electron chi connectivity index (χ2n) is 9.77. The van der Waals surface area contributed by atoms with E-state index in [2.05, 4.69) is 22.0 Å². The standard InChI is InChI=1S/C29H28Cl2FN3O/c30-24-7-3-21(4-8-24)2-1-15-34-16-12-29(13-17-34)20-35(28(36)23-11-14-33-27(31)18-23)19-26(29)22-5-9-25(32)10-6-22/h1-11,14,18,26H,12-13,15-17,19-20H2. The number of rotatable bonds is 5. The van der Waals surface area contributed by atoms with Gasteiger partial charge in [-0.25, -0.2) is 9.37 Å². The molecule has 0 saturated carbocycles. The van der Waals surface area contributed by atoms with Crippen molar-refractivity contribution < 1.29 is 9.18 Å². The van der Waals surface area contributed by atoms with Crippen LogP contribution in [0.15, 0.2) is 72.9 Å². The quantitative estimate of drug-likeness (QED) is 0.355. The second kappa shape index (κ2) is 10.7. The monoisotopic (exact) mass is 523 g/mol. The Hall–Kier alpha value is -2.73. The Morgan fingerprint density at radius 2 is 1.78 bits per heavy atom. The minimum atomic E-state index is -0.243. The van der Waals surface area contributed by atoms with Crippen LogP contribution in [0.3, 0.4) is 0 Å². The lowest BCUT2D eigenvalue weighted by atomic mass is 9.68. The molecule has 2 aromatic carbocycles. The van der Waals surface area contributed by atoms with Crippen molar-refractivity contribution in [1.29, 1.82) is 0 Å². The molecule has 2 aliphatic rings. The van der Waals surface area contributed by atoms with Crippen LogP contribution in [-0.2, 0) is 0 Å². The summed E-state index contributed by atoms with van der Waals surface area (Å²) in [6.07, 6.45) is 7.83. The number of aromatic nitrogens is 1. The van der Waals surface area contributed by atoms with Crippen molar-refractivity contribution >= 4 is 35.2 Å². The van der Waals surface area contributed by atoms with Crippen LogP contribution >= 0.6 is 23.2 Å². The molecule has 0 bridgehead atoms. The lowest BCUT2D eigenvalue weighted by Gasteiger charge is -2.42. The van der Waals surface area contributed by atoms with E-state index in [-0.39, 0.29) is 23.1 Å². The molecule has 2 saturated heterocycles. The van der Waals surface area contributed by atoms with Gasteiger partial charge in [0.1, 0.15) is 11.0 Å². The van der Waals surface area contributed by atoms with Crippen molar-refractivity contribution in [2.45, 2.75) is 18.8 Å². The summed E-state index contributed by atoms with van der Waals surface area (Å²) in [5, 5.41) is 1.05. The predicted molar refractivity (Wildman–Crippen MR) is 143 cm³/mol. The number of hydrogen-bond donors (Lipinski definition) is 0. The molecule has 3 aromatic rings. The first-order chi connectivity index (χ1) is 17.4. The Labute approximate surface area is 221 Å². The highest BCUT2D eigenvalue weighted by Crippen LogP contribution is 2.50. The lowest BCUT2D eigenvalue weighted by molar-refractivity contribution is 0.0721. The number of nitrogens with zero attached hydrogens (tertiary/aromatic N) is 3. The average molecular weight is 524 g/mol. The summed E-state index contributed by atoms with van der Waals surface area (Å²) in [6, 6.07) is 17.9. The summed E-state index contributed by atoms with van der Waals surface area (Å²) in [5.74, 6) is -0.116. The number of halogens is 3. The third kappa shape index (κ3) is 5.49. The van der Waals surface area contributed by atoms with Gasteiger partial charge < -0.3 is 4.90 Å². The van der Waals surface area contributed by atoms with Crippen LogP contribution < -0.4 is 0 Å². The molecule has 0 N–H and O–H groups in total. The van der Waals surface area contributed by atoms with E-state index in [1.165, 1.54) is 12.1 Å². The number of hydrogen-bond acceptors (Lipinski definition) is 3. The first kappa shape index (κ1) is 24.9. The highest BCUT2D eigenvalue weighted by molar-refractivity contribution is 6.30. The van der Waals surface area contributed by atoms with Gasteiger partial charge in [0, 0.05) is 42.3 Å². The molecule has 2 aliphatic heterocycles. The fraction of sp³-hybridized carbons (Fsp3) is 0.310. The summed E-state index contributed by atoms with van der Waals surface area (Å²) in [6.45, 7) is 4.07. The fourth-order valence-corrected chi connectivity index (χ4v) is 5.89. The van der Waals surface area contributed by atoms with E-state index in [9.17, 15) is 9.18 Å². The molecule has 1 unspecified atom stereocenters. The number of amides is 1. The zero-order valence-electron chi connectivity index (χ0n) is 19.9. The number of carbonyl (C=O) groups is 1. The largest absolute Gasteiger partial charge is 0.337 e. The first-order valence-corrected chi connectivity index (χ1v) is 13.0. The molecule has 7 heteroatoms. The molecule has 36 heavy (non-hydrogen) atoms. The van der Waals surface area contributed by atoms with Crippen LogP contribution in [0.25, 0.3) is 6.08 Å². The molecule has 1 spiro atoms. The van der Waals surface area contributed by atoms with Gasteiger partial charge in [-0.2, -0.15) is 0 Å². The van der Waals surface area contributed by atoms with E-state index in [4.69, 9.17) is 23.2 Å². The Morgan fingerprint density at radius 1 is 1.06 bits per heavy atom. The van der Waals surface area contributed by atoms with E-state index >= 15 is 0 Å². The number of carbonyl (C=O) groups excluding carboxylic acids is 1. The van der Waals surface area contributed by atoms with Crippen molar-refractivity contribution in [2.24, 2.45) is 5.41 Å². The number of pyridine rings is 1. The molecule has 0 radical (unpaired) electrons. The van der Waals surface area contributed by atoms with Gasteiger partial charge in [-0.15, -0.1) is 0 Å².